The third kappa shape index (κ3) is 3.90. The number of hydrogen-bond acceptors (Lipinski definition) is 5. The molecule has 0 atom stereocenters. The van der Waals surface area contributed by atoms with Crippen molar-refractivity contribution in [2.45, 2.75) is 19.9 Å². The van der Waals surface area contributed by atoms with Gasteiger partial charge in [0, 0.05) is 0 Å². The minimum Gasteiger partial charge on any atom is -0.356 e. The maximum Gasteiger partial charge on any atom is 0.281 e. The van der Waals surface area contributed by atoms with Gasteiger partial charge in [-0.3, -0.25) is 9.36 Å². The van der Waals surface area contributed by atoms with Crippen LogP contribution in [0.2, 0.25) is 5.28 Å². The van der Waals surface area contributed by atoms with E-state index in [1.807, 2.05) is 36.4 Å². The van der Waals surface area contributed by atoms with Gasteiger partial charge in [-0.15, -0.1) is 0 Å². The van der Waals surface area contributed by atoms with Crippen molar-refractivity contribution < 1.29 is 4.74 Å². The zero-order chi connectivity index (χ0) is 20.2. The largest absolute Gasteiger partial charge is 0.356 e. The molecular weight excluding hydrogens is 390 g/mol. The van der Waals surface area contributed by atoms with Crippen molar-refractivity contribution in [3.05, 3.63) is 93.3 Å². The first kappa shape index (κ1) is 18.9. The van der Waals surface area contributed by atoms with Crippen LogP contribution in [-0.2, 0) is 24.6 Å². The van der Waals surface area contributed by atoms with Gasteiger partial charge in [0.15, 0.2) is 11.2 Å². The minimum atomic E-state index is -0.339. The maximum absolute atomic E-state index is 13.1. The van der Waals surface area contributed by atoms with Gasteiger partial charge < -0.3 is 9.30 Å². The van der Waals surface area contributed by atoms with Crippen molar-refractivity contribution in [1.82, 2.24) is 19.1 Å². The highest BCUT2D eigenvalue weighted by molar-refractivity contribution is 6.28. The van der Waals surface area contributed by atoms with Gasteiger partial charge in [-0.1, -0.05) is 48.5 Å². The number of benzene rings is 2. The molecule has 0 aliphatic carbocycles. The van der Waals surface area contributed by atoms with Gasteiger partial charge in [-0.05, 0) is 28.8 Å². The van der Waals surface area contributed by atoms with Crippen LogP contribution in [0.25, 0.3) is 11.2 Å². The average molecular weight is 406 g/mol. The van der Waals surface area contributed by atoms with Crippen LogP contribution in [0.3, 0.4) is 0 Å². The van der Waals surface area contributed by atoms with Crippen LogP contribution in [0.15, 0.2) is 65.7 Å². The summed E-state index contributed by atoms with van der Waals surface area (Å²) in [5, 5.41) is 9.31. The molecule has 2 aromatic carbocycles. The normalized spacial score (nSPS) is 10.9. The van der Waals surface area contributed by atoms with E-state index in [1.165, 1.54) is 10.9 Å². The Labute approximate surface area is 171 Å². The summed E-state index contributed by atoms with van der Waals surface area (Å²) in [6.45, 7) is 0.699. The third-order valence-corrected chi connectivity index (χ3v) is 4.78. The number of halogens is 1. The van der Waals surface area contributed by atoms with Crippen molar-refractivity contribution in [2.75, 3.05) is 0 Å². The molecule has 0 unspecified atom stereocenters. The molecule has 4 aromatic rings. The van der Waals surface area contributed by atoms with Crippen molar-refractivity contribution in [2.24, 2.45) is 0 Å². The summed E-state index contributed by atoms with van der Waals surface area (Å²) in [6.07, 6.45) is 1.51. The zero-order valence-electron chi connectivity index (χ0n) is 15.3. The van der Waals surface area contributed by atoms with Crippen LogP contribution in [0, 0.1) is 11.3 Å². The molecule has 2 aromatic heterocycles. The van der Waals surface area contributed by atoms with Gasteiger partial charge >= 0.3 is 0 Å². The van der Waals surface area contributed by atoms with Crippen molar-refractivity contribution >= 4 is 22.8 Å². The number of hydrogen-bond donors (Lipinski definition) is 0. The molecule has 0 saturated carbocycles. The van der Waals surface area contributed by atoms with E-state index in [1.54, 1.807) is 22.8 Å². The summed E-state index contributed by atoms with van der Waals surface area (Å²) in [6, 6.07) is 18.9. The number of nitrogens with zero attached hydrogens (tertiary/aromatic N) is 5. The predicted molar refractivity (Wildman–Crippen MR) is 108 cm³/mol. The fraction of sp³-hybridized carbons (Fsp3) is 0.143. The van der Waals surface area contributed by atoms with Crippen LogP contribution in [0.4, 0.5) is 0 Å². The van der Waals surface area contributed by atoms with E-state index in [0.29, 0.717) is 23.3 Å². The predicted octanol–water partition coefficient (Wildman–Crippen LogP) is 3.34. The Balaban J connectivity index is 1.64. The fourth-order valence-corrected chi connectivity index (χ4v) is 3.26. The number of ether oxygens (including phenoxy) is 1. The Morgan fingerprint density at radius 3 is 2.66 bits per heavy atom. The first-order valence-electron chi connectivity index (χ1n) is 8.88. The van der Waals surface area contributed by atoms with Crippen LogP contribution in [0.5, 0.6) is 0 Å². The van der Waals surface area contributed by atoms with E-state index in [0.717, 1.165) is 5.56 Å². The van der Waals surface area contributed by atoms with E-state index in [9.17, 15) is 10.1 Å². The first-order valence-corrected chi connectivity index (χ1v) is 9.26. The highest BCUT2D eigenvalue weighted by Crippen LogP contribution is 2.15. The zero-order valence-corrected chi connectivity index (χ0v) is 16.1. The maximum atomic E-state index is 13.1. The minimum absolute atomic E-state index is 0.0192. The van der Waals surface area contributed by atoms with E-state index in [-0.39, 0.29) is 29.8 Å². The molecular formula is C21H16ClN5O2. The Bertz CT molecular complexity index is 1260. The van der Waals surface area contributed by atoms with Gasteiger partial charge in [0.1, 0.15) is 6.73 Å². The Morgan fingerprint density at radius 1 is 1.10 bits per heavy atom. The van der Waals surface area contributed by atoms with Gasteiger partial charge in [0.05, 0.1) is 31.1 Å². The molecule has 0 amide bonds. The summed E-state index contributed by atoms with van der Waals surface area (Å²) in [7, 11) is 0. The Kier molecular flexibility index (Phi) is 5.38. The molecule has 0 bridgehead atoms. The molecule has 8 heteroatoms. The second-order valence-electron chi connectivity index (χ2n) is 6.39. The molecule has 0 fully saturated rings. The number of imidazole rings is 1. The van der Waals surface area contributed by atoms with Gasteiger partial charge in [-0.2, -0.15) is 10.2 Å². The van der Waals surface area contributed by atoms with Gasteiger partial charge in [0.25, 0.3) is 5.56 Å². The van der Waals surface area contributed by atoms with Crippen LogP contribution >= 0.6 is 11.6 Å². The molecule has 0 spiro atoms. The van der Waals surface area contributed by atoms with Gasteiger partial charge in [-0.25, -0.2) is 4.98 Å². The summed E-state index contributed by atoms with van der Waals surface area (Å²) in [4.78, 5) is 21.5. The second kappa shape index (κ2) is 8.27. The molecule has 2 heterocycles. The van der Waals surface area contributed by atoms with Crippen molar-refractivity contribution in [3.63, 3.8) is 0 Å². The quantitative estimate of drug-likeness (QED) is 0.459. The van der Waals surface area contributed by atoms with Crippen molar-refractivity contribution in [3.8, 4) is 6.07 Å². The lowest BCUT2D eigenvalue weighted by Gasteiger charge is -2.11. The number of fused-ring (bicyclic) bond motifs is 1. The van der Waals surface area contributed by atoms with Crippen LogP contribution < -0.4 is 5.56 Å². The summed E-state index contributed by atoms with van der Waals surface area (Å²) in [5.74, 6) is 0. The van der Waals surface area contributed by atoms with E-state index in [4.69, 9.17) is 16.3 Å². The highest BCUT2D eigenvalue weighted by Gasteiger charge is 2.16. The van der Waals surface area contributed by atoms with E-state index < -0.39 is 0 Å². The second-order valence-corrected chi connectivity index (χ2v) is 6.73. The molecule has 0 aliphatic rings. The van der Waals surface area contributed by atoms with Crippen molar-refractivity contribution in [1.29, 1.82) is 5.26 Å². The summed E-state index contributed by atoms with van der Waals surface area (Å²) < 4.78 is 8.66. The molecule has 0 aliphatic heterocycles. The Hall–Kier alpha value is -3.47. The molecule has 0 saturated heterocycles. The summed E-state index contributed by atoms with van der Waals surface area (Å²) >= 11 is 6.24. The first-order chi connectivity index (χ1) is 14.2. The fourth-order valence-electron chi connectivity index (χ4n) is 3.04. The SMILES string of the molecule is N#Cc1ccccc1Cn1c(Cl)nc2ncn(COCc3ccccc3)c2c1=O. The molecule has 0 radical (unpaired) electrons. The molecule has 7 nitrogen and oxygen atoms in total. The lowest BCUT2D eigenvalue weighted by atomic mass is 10.1. The number of rotatable bonds is 6. The standard InChI is InChI=1S/C21H16ClN5O2/c22-21-25-19-18(20(28)27(21)11-17-9-5-4-8-16(17)10-23)26(13-24-19)14-29-12-15-6-2-1-3-7-15/h1-9,13H,11-12,14H2. The molecule has 144 valence electrons. The van der Waals surface area contributed by atoms with Crippen LogP contribution in [-0.4, -0.2) is 19.1 Å². The third-order valence-electron chi connectivity index (χ3n) is 4.50. The van der Waals surface area contributed by atoms with E-state index >= 15 is 0 Å². The Morgan fingerprint density at radius 2 is 1.86 bits per heavy atom. The number of nitriles is 1. The lowest BCUT2D eigenvalue weighted by molar-refractivity contribution is 0.0663. The van der Waals surface area contributed by atoms with Crippen LogP contribution in [0.1, 0.15) is 16.7 Å². The topological polar surface area (TPSA) is 85.7 Å². The monoisotopic (exact) mass is 405 g/mol. The summed E-state index contributed by atoms with van der Waals surface area (Å²) in [5.41, 5.74) is 2.42. The van der Waals surface area contributed by atoms with E-state index in [2.05, 4.69) is 16.0 Å². The lowest BCUT2D eigenvalue weighted by Crippen LogP contribution is -2.25. The average Bonchev–Trinajstić information content (AvgIpc) is 3.15. The highest BCUT2D eigenvalue weighted by atomic mass is 35.5. The molecule has 4 rings (SSSR count). The smallest absolute Gasteiger partial charge is 0.281 e. The molecule has 29 heavy (non-hydrogen) atoms. The number of aromatic nitrogens is 4. The van der Waals surface area contributed by atoms with Gasteiger partial charge in [0.2, 0.25) is 5.28 Å². The molecule has 0 N–H and O–H groups in total.